The number of nitrogens with two attached hydrogens (primary N) is 1. The highest BCUT2D eigenvalue weighted by molar-refractivity contribution is 5.69. The van der Waals surface area contributed by atoms with Gasteiger partial charge in [0, 0.05) is 11.8 Å². The van der Waals surface area contributed by atoms with Gasteiger partial charge in [0.2, 0.25) is 5.76 Å². The van der Waals surface area contributed by atoms with E-state index in [2.05, 4.69) is 0 Å². The Kier molecular flexibility index (Phi) is 2.52. The normalized spacial score (nSPS) is 9.75. The van der Waals surface area contributed by atoms with Gasteiger partial charge in [0.05, 0.1) is 12.7 Å². The number of rotatable bonds is 2. The van der Waals surface area contributed by atoms with Gasteiger partial charge < -0.3 is 14.9 Å². The number of nitriles is 1. The lowest BCUT2D eigenvalue weighted by atomic mass is 10.1. The summed E-state index contributed by atoms with van der Waals surface area (Å²) in [4.78, 5) is 0. The molecule has 0 radical (unpaired) electrons. The zero-order valence-electron chi connectivity index (χ0n) is 8.73. The highest BCUT2D eigenvalue weighted by Crippen LogP contribution is 2.32. The number of ether oxygens (including phenoxy) is 1. The Morgan fingerprint density at radius 1 is 1.31 bits per heavy atom. The van der Waals surface area contributed by atoms with E-state index in [9.17, 15) is 0 Å². The molecule has 1 aromatic carbocycles. The minimum absolute atomic E-state index is 0.272. The average Bonchev–Trinajstić information content (AvgIpc) is 2.77. The van der Waals surface area contributed by atoms with Gasteiger partial charge in [0.15, 0.2) is 0 Å². The number of anilines is 1. The fourth-order valence-electron chi connectivity index (χ4n) is 1.45. The fraction of sp³-hybridized carbons (Fsp3) is 0.0833. The summed E-state index contributed by atoms with van der Waals surface area (Å²) in [6, 6.07) is 10.5. The second-order valence-electron chi connectivity index (χ2n) is 3.24. The monoisotopic (exact) mass is 214 g/mol. The van der Waals surface area contributed by atoms with Crippen LogP contribution in [0.2, 0.25) is 0 Å². The molecule has 0 atom stereocenters. The van der Waals surface area contributed by atoms with Gasteiger partial charge in [-0.15, -0.1) is 0 Å². The van der Waals surface area contributed by atoms with Gasteiger partial charge >= 0.3 is 0 Å². The lowest BCUT2D eigenvalue weighted by Crippen LogP contribution is -1.90. The molecule has 0 saturated heterocycles. The Labute approximate surface area is 92.9 Å². The molecule has 4 heteroatoms. The number of nitrogen functional groups attached to an aromatic ring is 1. The van der Waals surface area contributed by atoms with Gasteiger partial charge in [-0.3, -0.25) is 0 Å². The fourth-order valence-corrected chi connectivity index (χ4v) is 1.45. The number of nitrogens with zero attached hydrogens (tertiary/aromatic N) is 1. The van der Waals surface area contributed by atoms with Crippen molar-refractivity contribution in [1.82, 2.24) is 0 Å². The van der Waals surface area contributed by atoms with Crippen molar-refractivity contribution in [3.63, 3.8) is 0 Å². The largest absolute Gasteiger partial charge is 0.496 e. The molecule has 0 amide bonds. The summed E-state index contributed by atoms with van der Waals surface area (Å²) < 4.78 is 10.5. The average molecular weight is 214 g/mol. The van der Waals surface area contributed by atoms with Crippen LogP contribution in [0, 0.1) is 11.3 Å². The van der Waals surface area contributed by atoms with Gasteiger partial charge in [0.1, 0.15) is 17.6 Å². The molecule has 2 N–H and O–H groups in total. The number of furan rings is 1. The van der Waals surface area contributed by atoms with Crippen LogP contribution in [0.4, 0.5) is 5.69 Å². The second-order valence-corrected chi connectivity index (χ2v) is 3.24. The van der Waals surface area contributed by atoms with Crippen LogP contribution in [0.15, 0.2) is 34.7 Å². The molecule has 0 aliphatic heterocycles. The van der Waals surface area contributed by atoms with E-state index in [-0.39, 0.29) is 5.76 Å². The Balaban J connectivity index is 2.51. The first-order valence-electron chi connectivity index (χ1n) is 4.68. The van der Waals surface area contributed by atoms with Crippen molar-refractivity contribution in [3.05, 3.63) is 36.1 Å². The zero-order valence-corrected chi connectivity index (χ0v) is 8.73. The van der Waals surface area contributed by atoms with Gasteiger partial charge in [-0.05, 0) is 24.3 Å². The first kappa shape index (κ1) is 10.1. The number of benzene rings is 1. The molecule has 16 heavy (non-hydrogen) atoms. The highest BCUT2D eigenvalue weighted by Gasteiger charge is 2.10. The first-order chi connectivity index (χ1) is 7.74. The van der Waals surface area contributed by atoms with Crippen molar-refractivity contribution in [3.8, 4) is 23.1 Å². The summed E-state index contributed by atoms with van der Waals surface area (Å²) in [6.45, 7) is 0. The predicted molar refractivity (Wildman–Crippen MR) is 59.8 cm³/mol. The maximum atomic E-state index is 8.67. The summed E-state index contributed by atoms with van der Waals surface area (Å²) in [7, 11) is 1.56. The molecule has 0 fully saturated rings. The third-order valence-electron chi connectivity index (χ3n) is 2.21. The van der Waals surface area contributed by atoms with E-state index in [1.54, 1.807) is 37.4 Å². The molecular formula is C12H10N2O2. The van der Waals surface area contributed by atoms with Crippen LogP contribution in [0.25, 0.3) is 11.3 Å². The quantitative estimate of drug-likeness (QED) is 0.779. The maximum absolute atomic E-state index is 8.67. The zero-order chi connectivity index (χ0) is 11.5. The summed E-state index contributed by atoms with van der Waals surface area (Å²) in [5.74, 6) is 1.49. The van der Waals surface area contributed by atoms with Crippen LogP contribution in [-0.4, -0.2) is 7.11 Å². The first-order valence-corrected chi connectivity index (χ1v) is 4.68. The van der Waals surface area contributed by atoms with E-state index in [1.807, 2.05) is 6.07 Å². The van der Waals surface area contributed by atoms with E-state index in [0.717, 1.165) is 5.56 Å². The van der Waals surface area contributed by atoms with Crippen molar-refractivity contribution in [2.75, 3.05) is 12.8 Å². The van der Waals surface area contributed by atoms with E-state index < -0.39 is 0 Å². The Morgan fingerprint density at radius 3 is 2.75 bits per heavy atom. The maximum Gasteiger partial charge on any atom is 0.204 e. The molecule has 1 heterocycles. The molecule has 0 saturated carbocycles. The predicted octanol–water partition coefficient (Wildman–Crippen LogP) is 2.41. The molecule has 0 unspecified atom stereocenters. The highest BCUT2D eigenvalue weighted by atomic mass is 16.5. The Hall–Kier alpha value is -2.41. The molecular weight excluding hydrogens is 204 g/mol. The number of hydrogen-bond acceptors (Lipinski definition) is 4. The van der Waals surface area contributed by atoms with E-state index in [1.165, 1.54) is 0 Å². The van der Waals surface area contributed by atoms with E-state index in [0.29, 0.717) is 17.2 Å². The second kappa shape index (κ2) is 3.99. The summed E-state index contributed by atoms with van der Waals surface area (Å²) in [5, 5.41) is 8.67. The van der Waals surface area contributed by atoms with Crippen LogP contribution in [-0.2, 0) is 0 Å². The molecule has 4 nitrogen and oxygen atoms in total. The van der Waals surface area contributed by atoms with Gasteiger partial charge in [-0.2, -0.15) is 5.26 Å². The van der Waals surface area contributed by atoms with Crippen molar-refractivity contribution in [1.29, 1.82) is 5.26 Å². The summed E-state index contributed by atoms with van der Waals surface area (Å²) in [5.41, 5.74) is 7.04. The van der Waals surface area contributed by atoms with Crippen LogP contribution >= 0.6 is 0 Å². The molecule has 1 aromatic heterocycles. The van der Waals surface area contributed by atoms with Gasteiger partial charge in [-0.1, -0.05) is 0 Å². The standard InChI is InChI=1S/C12H10N2O2/c1-15-12-6-8(14)2-4-10(12)11-5-3-9(7-13)16-11/h2-6H,14H2,1H3. The molecule has 0 aliphatic carbocycles. The van der Waals surface area contributed by atoms with Gasteiger partial charge in [-0.25, -0.2) is 0 Å². The van der Waals surface area contributed by atoms with Crippen LogP contribution < -0.4 is 10.5 Å². The Bertz CT molecular complexity index is 552. The third kappa shape index (κ3) is 1.71. The number of methoxy groups -OCH3 is 1. The molecule has 2 aromatic rings. The molecule has 0 spiro atoms. The van der Waals surface area contributed by atoms with Crippen molar-refractivity contribution in [2.45, 2.75) is 0 Å². The van der Waals surface area contributed by atoms with Crippen molar-refractivity contribution < 1.29 is 9.15 Å². The minimum atomic E-state index is 0.272. The summed E-state index contributed by atoms with van der Waals surface area (Å²) in [6.07, 6.45) is 0. The minimum Gasteiger partial charge on any atom is -0.496 e. The van der Waals surface area contributed by atoms with Crippen LogP contribution in [0.1, 0.15) is 5.76 Å². The smallest absolute Gasteiger partial charge is 0.204 e. The molecule has 80 valence electrons. The van der Waals surface area contributed by atoms with Crippen molar-refractivity contribution in [2.24, 2.45) is 0 Å². The molecule has 0 aliphatic rings. The van der Waals surface area contributed by atoms with E-state index >= 15 is 0 Å². The molecule has 0 bridgehead atoms. The lowest BCUT2D eigenvalue weighted by Gasteiger charge is -2.06. The van der Waals surface area contributed by atoms with Crippen LogP contribution in [0.3, 0.4) is 0 Å². The van der Waals surface area contributed by atoms with E-state index in [4.69, 9.17) is 20.1 Å². The Morgan fingerprint density at radius 2 is 2.12 bits per heavy atom. The number of hydrogen-bond donors (Lipinski definition) is 1. The van der Waals surface area contributed by atoms with Gasteiger partial charge in [0.25, 0.3) is 0 Å². The summed E-state index contributed by atoms with van der Waals surface area (Å²) >= 11 is 0. The SMILES string of the molecule is COc1cc(N)ccc1-c1ccc(C#N)o1. The third-order valence-corrected chi connectivity index (χ3v) is 2.21. The van der Waals surface area contributed by atoms with Crippen molar-refractivity contribution >= 4 is 5.69 Å². The van der Waals surface area contributed by atoms with Crippen LogP contribution in [0.5, 0.6) is 5.75 Å². The molecule has 2 rings (SSSR count). The topological polar surface area (TPSA) is 72.2 Å². The lowest BCUT2D eigenvalue weighted by molar-refractivity contribution is 0.415.